The van der Waals surface area contributed by atoms with E-state index in [0.29, 0.717) is 0 Å². The molecule has 0 N–H and O–H groups in total. The predicted molar refractivity (Wildman–Crippen MR) is 92.2 cm³/mol. The minimum atomic E-state index is -0.416. The highest BCUT2D eigenvalue weighted by molar-refractivity contribution is 9.31. The summed E-state index contributed by atoms with van der Waals surface area (Å²) < 4.78 is 0. The zero-order chi connectivity index (χ0) is 12.7. The van der Waals surface area contributed by atoms with Crippen LogP contribution in [0.1, 0.15) is 13.8 Å². The second kappa shape index (κ2) is 5.00. The van der Waals surface area contributed by atoms with E-state index in [-0.39, 0.29) is 24.8 Å². The summed E-state index contributed by atoms with van der Waals surface area (Å²) in [5, 5.41) is 0.877. The predicted octanol–water partition coefficient (Wildman–Crippen LogP) is 5.07. The molecule has 4 heteroatoms. The minimum Gasteiger partial charge on any atom is -0.214 e. The van der Waals surface area contributed by atoms with E-state index in [0.717, 1.165) is 5.25 Å². The molecular weight excluding hydrogens is 259 g/mol. The van der Waals surface area contributed by atoms with Crippen molar-refractivity contribution in [1.82, 2.24) is 0 Å². The molecule has 0 atom stereocenters. The van der Waals surface area contributed by atoms with Gasteiger partial charge in [0.2, 0.25) is 0 Å². The van der Waals surface area contributed by atoms with Crippen molar-refractivity contribution in [3.8, 4) is 0 Å². The molecule has 0 unspecified atom stereocenters. The molecule has 0 amide bonds. The fourth-order valence-corrected chi connectivity index (χ4v) is 53.9. The zero-order valence-corrected chi connectivity index (χ0v) is 15.6. The van der Waals surface area contributed by atoms with Crippen LogP contribution in [0.3, 0.4) is 0 Å². The topological polar surface area (TPSA) is 0 Å². The van der Waals surface area contributed by atoms with Crippen LogP contribution in [0.4, 0.5) is 0 Å². The zero-order valence-electron chi connectivity index (χ0n) is 12.2. The molecule has 0 heterocycles. The van der Waals surface area contributed by atoms with Crippen LogP contribution in [0.5, 0.6) is 0 Å². The van der Waals surface area contributed by atoms with Gasteiger partial charge in [-0.05, 0) is 55.3 Å². The lowest BCUT2D eigenvalue weighted by molar-refractivity contribution is 1.11. The van der Waals surface area contributed by atoms with Crippen molar-refractivity contribution < 1.29 is 0 Å². The van der Waals surface area contributed by atoms with Crippen LogP contribution in [-0.4, -0.2) is 55.3 Å². The second-order valence-corrected chi connectivity index (χ2v) is 32.1. The first-order valence-electron chi connectivity index (χ1n) is 5.20. The van der Waals surface area contributed by atoms with Gasteiger partial charge in [0.25, 0.3) is 0 Å². The molecule has 0 fully saturated rings. The van der Waals surface area contributed by atoms with E-state index in [4.69, 9.17) is 0 Å². The van der Waals surface area contributed by atoms with Crippen molar-refractivity contribution >= 4 is 34.5 Å². The van der Waals surface area contributed by atoms with Crippen LogP contribution in [0.15, 0.2) is 0 Å². The third kappa shape index (κ3) is 4.33. The van der Waals surface area contributed by atoms with Crippen LogP contribution >= 0.6 is 34.5 Å². The van der Waals surface area contributed by atoms with Crippen molar-refractivity contribution in [3.05, 3.63) is 0 Å². The van der Waals surface area contributed by atoms with E-state index in [1.807, 2.05) is 0 Å². The smallest absolute Gasteiger partial charge is 0.0184 e. The molecular formula is C11H31PS3. The molecule has 0 aromatic heterocycles. The largest absolute Gasteiger partial charge is 0.214 e. The highest BCUT2D eigenvalue weighted by atomic mass is 33.4. The van der Waals surface area contributed by atoms with Crippen molar-refractivity contribution in [3.63, 3.8) is 0 Å². The maximum Gasteiger partial charge on any atom is 0.0184 e. The fourth-order valence-electron chi connectivity index (χ4n) is 2.00. The molecule has 0 nitrogen and oxygen atoms in total. The summed E-state index contributed by atoms with van der Waals surface area (Å²) in [5.41, 5.74) is 0.225. The van der Waals surface area contributed by atoms with Gasteiger partial charge in [0, 0.05) is 5.53 Å². The third-order valence-corrected chi connectivity index (χ3v) is 39.2. The fraction of sp³-hybridized carbons (Fsp3) is 1.00. The lowest BCUT2D eigenvalue weighted by Crippen LogP contribution is -2.12. The maximum absolute atomic E-state index is 2.58. The Hall–Kier alpha value is 1.48. The van der Waals surface area contributed by atoms with Gasteiger partial charge in [-0.15, -0.1) is 0 Å². The molecule has 0 aromatic rings. The lowest BCUT2D eigenvalue weighted by atomic mass is 10.6. The standard InChI is InChI=1S/C11H31PS3/c1-11(2)15(9,10)12(13(3,4)5)14(6,7)8/h11H,1-10H3. The van der Waals surface area contributed by atoms with Crippen LogP contribution in [0.25, 0.3) is 0 Å². The van der Waals surface area contributed by atoms with Crippen LogP contribution in [0, 0.1) is 0 Å². The van der Waals surface area contributed by atoms with Crippen molar-refractivity contribution in [1.29, 1.82) is 0 Å². The third-order valence-electron chi connectivity index (χ3n) is 2.43. The van der Waals surface area contributed by atoms with Crippen LogP contribution in [-0.2, 0) is 0 Å². The molecule has 15 heavy (non-hydrogen) atoms. The Labute approximate surface area is 103 Å². The summed E-state index contributed by atoms with van der Waals surface area (Å²) in [6.45, 7) is 4.86. The molecule has 0 aromatic carbocycles. The van der Waals surface area contributed by atoms with E-state index in [1.165, 1.54) is 0 Å². The average molecular weight is 291 g/mol. The monoisotopic (exact) mass is 290 g/mol. The molecule has 0 saturated carbocycles. The van der Waals surface area contributed by atoms with Gasteiger partial charge in [-0.25, -0.2) is 28.9 Å². The van der Waals surface area contributed by atoms with E-state index >= 15 is 0 Å². The van der Waals surface area contributed by atoms with Gasteiger partial charge in [-0.2, -0.15) is 0 Å². The van der Waals surface area contributed by atoms with Gasteiger partial charge in [-0.1, -0.05) is 13.8 Å². The molecule has 0 bridgehead atoms. The van der Waals surface area contributed by atoms with Crippen molar-refractivity contribution in [2.24, 2.45) is 0 Å². The number of hydrogen-bond donors (Lipinski definition) is 0. The highest BCUT2D eigenvalue weighted by Gasteiger charge is 2.39. The quantitative estimate of drug-likeness (QED) is 0.634. The average Bonchev–Trinajstić information content (AvgIpc) is 1.76. The Morgan fingerprint density at radius 1 is 0.667 bits per heavy atom. The Bertz CT molecular complexity index is 197. The summed E-state index contributed by atoms with van der Waals surface area (Å²) >= 11 is 0. The number of rotatable bonds is 4. The molecule has 98 valence electrons. The van der Waals surface area contributed by atoms with Gasteiger partial charge in [0.1, 0.15) is 0 Å². The van der Waals surface area contributed by atoms with Gasteiger partial charge in [0.05, 0.1) is 0 Å². The summed E-state index contributed by atoms with van der Waals surface area (Å²) in [4.78, 5) is 0. The molecule has 0 aliphatic heterocycles. The Kier molecular flexibility index (Phi) is 5.49. The summed E-state index contributed by atoms with van der Waals surface area (Å²) in [6, 6.07) is 0. The first kappa shape index (κ1) is 16.5. The van der Waals surface area contributed by atoms with Gasteiger partial charge >= 0.3 is 0 Å². The van der Waals surface area contributed by atoms with Gasteiger partial charge in [-0.3, -0.25) is 0 Å². The molecule has 0 radical (unpaired) electrons. The lowest BCUT2D eigenvalue weighted by Gasteiger charge is -2.59. The molecule has 0 aliphatic carbocycles. The minimum absolute atomic E-state index is 0.225. The van der Waals surface area contributed by atoms with Gasteiger partial charge < -0.3 is 0 Å². The van der Waals surface area contributed by atoms with E-state index in [9.17, 15) is 0 Å². The normalized spacial score (nSPS) is 18.4. The number of hydrogen-bond acceptors (Lipinski definition) is 0. The van der Waals surface area contributed by atoms with Crippen molar-refractivity contribution in [2.75, 3.05) is 50.0 Å². The second-order valence-electron chi connectivity index (χ2n) is 6.17. The first-order chi connectivity index (χ1) is 6.31. The van der Waals surface area contributed by atoms with Crippen LogP contribution < -0.4 is 0 Å². The summed E-state index contributed by atoms with van der Waals surface area (Å²) in [6.07, 6.45) is 20.4. The van der Waals surface area contributed by atoms with E-state index in [1.54, 1.807) is 0 Å². The highest BCUT2D eigenvalue weighted by Crippen LogP contribution is 3.02. The Morgan fingerprint density at radius 2 is 0.933 bits per heavy atom. The molecule has 0 aliphatic rings. The van der Waals surface area contributed by atoms with E-state index in [2.05, 4.69) is 63.9 Å². The van der Waals surface area contributed by atoms with Gasteiger partial charge in [0.15, 0.2) is 0 Å². The molecule has 0 spiro atoms. The molecule has 0 rings (SSSR count). The Balaban J connectivity index is 5.33. The van der Waals surface area contributed by atoms with Crippen LogP contribution in [0.2, 0.25) is 0 Å². The maximum atomic E-state index is 2.58. The SMILES string of the molecule is CC(C)S(C)(C)P(S(C)(C)C)S(C)(C)C. The molecule has 0 saturated heterocycles. The van der Waals surface area contributed by atoms with Crippen molar-refractivity contribution in [2.45, 2.75) is 19.1 Å². The first-order valence-corrected chi connectivity index (χ1v) is 16.6. The summed E-state index contributed by atoms with van der Waals surface area (Å²) in [7, 11) is -1.19. The van der Waals surface area contributed by atoms with E-state index < -0.39 is 9.65 Å². The summed E-state index contributed by atoms with van der Waals surface area (Å²) in [5.74, 6) is 0. The Morgan fingerprint density at radius 3 is 1.00 bits per heavy atom.